The normalized spacial score (nSPS) is 10.5. The molecular formula is C14H13NO5. The van der Waals surface area contributed by atoms with E-state index in [4.69, 9.17) is 4.74 Å². The third-order valence-electron chi connectivity index (χ3n) is 2.83. The Hall–Kier alpha value is -2.63. The van der Waals surface area contributed by atoms with Crippen molar-refractivity contribution in [1.82, 2.24) is 0 Å². The lowest BCUT2D eigenvalue weighted by atomic mass is 10.1. The van der Waals surface area contributed by atoms with Crippen LogP contribution in [0.2, 0.25) is 0 Å². The van der Waals surface area contributed by atoms with Gasteiger partial charge in [-0.05, 0) is 26.0 Å². The maximum absolute atomic E-state index is 11.5. The molecule has 0 unspecified atom stereocenters. The zero-order valence-corrected chi connectivity index (χ0v) is 11.0. The van der Waals surface area contributed by atoms with Crippen molar-refractivity contribution in [2.45, 2.75) is 13.8 Å². The molecule has 0 amide bonds. The first-order chi connectivity index (χ1) is 9.47. The number of nitrogens with one attached hydrogen (secondary N) is 1. The highest BCUT2D eigenvalue weighted by Gasteiger charge is 2.23. The van der Waals surface area contributed by atoms with Gasteiger partial charge < -0.3 is 15.2 Å². The fourth-order valence-corrected chi connectivity index (χ4v) is 1.83. The standard InChI is InChI=1S/C14H13NO5/c1-3-20-14-10(12(18)13(14)19)15-9-6-4-5-8(7(2)16)11(9)17/h4-6,15,17H,3H2,1-2H3. The molecule has 0 saturated heterocycles. The number of hydrogen-bond acceptors (Lipinski definition) is 6. The number of phenols is 1. The second-order valence-electron chi connectivity index (χ2n) is 4.18. The van der Waals surface area contributed by atoms with Crippen LogP contribution in [0, 0.1) is 0 Å². The smallest absolute Gasteiger partial charge is 0.272 e. The van der Waals surface area contributed by atoms with E-state index in [0.29, 0.717) is 0 Å². The molecule has 2 rings (SSSR count). The Bertz CT molecular complexity index is 740. The van der Waals surface area contributed by atoms with Crippen LogP contribution in [-0.2, 0) is 0 Å². The monoisotopic (exact) mass is 275 g/mol. The third kappa shape index (κ3) is 2.16. The Balaban J connectivity index is 2.39. The van der Waals surface area contributed by atoms with Crippen LogP contribution in [0.5, 0.6) is 11.5 Å². The first kappa shape index (κ1) is 13.8. The molecule has 20 heavy (non-hydrogen) atoms. The lowest BCUT2D eigenvalue weighted by Gasteiger charge is -2.14. The van der Waals surface area contributed by atoms with Crippen LogP contribution in [-0.4, -0.2) is 17.5 Å². The van der Waals surface area contributed by atoms with E-state index in [1.165, 1.54) is 19.1 Å². The van der Waals surface area contributed by atoms with E-state index in [0.717, 1.165) is 0 Å². The minimum atomic E-state index is -0.707. The lowest BCUT2D eigenvalue weighted by Crippen LogP contribution is -2.35. The number of Topliss-reactive ketones (excluding diaryl/α,β-unsaturated/α-hetero) is 1. The summed E-state index contributed by atoms with van der Waals surface area (Å²) in [5, 5.41) is 12.6. The van der Waals surface area contributed by atoms with E-state index >= 15 is 0 Å². The number of aromatic hydroxyl groups is 1. The summed E-state index contributed by atoms with van der Waals surface area (Å²) in [4.78, 5) is 34.1. The van der Waals surface area contributed by atoms with Gasteiger partial charge in [-0.1, -0.05) is 6.07 Å². The average molecular weight is 275 g/mol. The fraction of sp³-hybridized carbons (Fsp3) is 0.214. The van der Waals surface area contributed by atoms with Crippen LogP contribution in [0.15, 0.2) is 27.8 Å². The zero-order chi connectivity index (χ0) is 14.9. The summed E-state index contributed by atoms with van der Waals surface area (Å²) in [7, 11) is 0. The molecule has 6 nitrogen and oxygen atoms in total. The fourth-order valence-electron chi connectivity index (χ4n) is 1.83. The highest BCUT2D eigenvalue weighted by Crippen LogP contribution is 2.32. The Morgan fingerprint density at radius 1 is 1.30 bits per heavy atom. The highest BCUT2D eigenvalue weighted by molar-refractivity contribution is 5.99. The van der Waals surface area contributed by atoms with Crippen LogP contribution >= 0.6 is 0 Å². The quantitative estimate of drug-likeness (QED) is 0.486. The Labute approximate surface area is 114 Å². The molecule has 6 heteroatoms. The molecule has 104 valence electrons. The number of rotatable bonds is 5. The minimum absolute atomic E-state index is 0.00662. The van der Waals surface area contributed by atoms with Crippen molar-refractivity contribution in [2.24, 2.45) is 0 Å². The van der Waals surface area contributed by atoms with Crippen molar-refractivity contribution in [2.75, 3.05) is 11.9 Å². The summed E-state index contributed by atoms with van der Waals surface area (Å²) in [6.07, 6.45) is 0. The average Bonchev–Trinajstić information content (AvgIpc) is 2.43. The number of ether oxygens (including phenoxy) is 1. The van der Waals surface area contributed by atoms with Gasteiger partial charge in [0.05, 0.1) is 17.9 Å². The summed E-state index contributed by atoms with van der Waals surface area (Å²) >= 11 is 0. The first-order valence-electron chi connectivity index (χ1n) is 6.03. The first-order valence-corrected chi connectivity index (χ1v) is 6.03. The highest BCUT2D eigenvalue weighted by atomic mass is 16.5. The predicted octanol–water partition coefficient (Wildman–Crippen LogP) is 1.33. The van der Waals surface area contributed by atoms with Gasteiger partial charge in [0, 0.05) is 0 Å². The summed E-state index contributed by atoms with van der Waals surface area (Å²) < 4.78 is 5.06. The molecule has 0 aromatic heterocycles. The van der Waals surface area contributed by atoms with Crippen molar-refractivity contribution in [3.05, 3.63) is 44.2 Å². The second kappa shape index (κ2) is 5.16. The molecule has 0 spiro atoms. The summed E-state index contributed by atoms with van der Waals surface area (Å²) in [5.74, 6) is -0.623. The van der Waals surface area contributed by atoms with E-state index in [-0.39, 0.29) is 40.8 Å². The van der Waals surface area contributed by atoms with Gasteiger partial charge in [-0.15, -0.1) is 0 Å². The lowest BCUT2D eigenvalue weighted by molar-refractivity contribution is 0.101. The van der Waals surface area contributed by atoms with Crippen molar-refractivity contribution >= 4 is 17.2 Å². The number of anilines is 2. The SMILES string of the molecule is CCOc1c(Nc2cccc(C(C)=O)c2O)c(=O)c1=O. The molecule has 0 heterocycles. The number of carbonyl (C=O) groups excluding carboxylic acids is 1. The topological polar surface area (TPSA) is 92.7 Å². The largest absolute Gasteiger partial charge is 0.505 e. The van der Waals surface area contributed by atoms with Crippen molar-refractivity contribution < 1.29 is 14.6 Å². The number of carbonyl (C=O) groups is 1. The Kier molecular flexibility index (Phi) is 3.56. The van der Waals surface area contributed by atoms with Crippen LogP contribution in [0.1, 0.15) is 24.2 Å². The van der Waals surface area contributed by atoms with Crippen molar-refractivity contribution in [1.29, 1.82) is 0 Å². The van der Waals surface area contributed by atoms with Gasteiger partial charge in [0.25, 0.3) is 10.9 Å². The molecule has 2 aromatic rings. The van der Waals surface area contributed by atoms with Gasteiger partial charge in [-0.3, -0.25) is 14.4 Å². The van der Waals surface area contributed by atoms with E-state index in [2.05, 4.69) is 5.32 Å². The molecule has 2 N–H and O–H groups in total. The molecular weight excluding hydrogens is 262 g/mol. The molecule has 0 atom stereocenters. The van der Waals surface area contributed by atoms with E-state index < -0.39 is 10.9 Å². The number of para-hydroxylation sites is 1. The van der Waals surface area contributed by atoms with E-state index in [1.54, 1.807) is 13.0 Å². The van der Waals surface area contributed by atoms with Gasteiger partial charge in [-0.2, -0.15) is 0 Å². The predicted molar refractivity (Wildman–Crippen MR) is 73.9 cm³/mol. The number of hydrogen-bond donors (Lipinski definition) is 2. The van der Waals surface area contributed by atoms with Crippen LogP contribution in [0.25, 0.3) is 0 Å². The van der Waals surface area contributed by atoms with Crippen LogP contribution in [0.4, 0.5) is 11.4 Å². The molecule has 0 radical (unpaired) electrons. The molecule has 0 bridgehead atoms. The zero-order valence-electron chi connectivity index (χ0n) is 11.0. The van der Waals surface area contributed by atoms with Gasteiger partial charge in [0.15, 0.2) is 11.5 Å². The van der Waals surface area contributed by atoms with Crippen molar-refractivity contribution in [3.63, 3.8) is 0 Å². The van der Waals surface area contributed by atoms with Crippen LogP contribution in [0.3, 0.4) is 0 Å². The molecule has 0 aliphatic carbocycles. The summed E-state index contributed by atoms with van der Waals surface area (Å²) in [5.41, 5.74) is -1.11. The molecule has 0 aliphatic heterocycles. The third-order valence-corrected chi connectivity index (χ3v) is 2.83. The number of benzene rings is 1. The molecule has 0 fully saturated rings. The number of phenolic OH excluding ortho intramolecular Hbond substituents is 1. The number of ketones is 1. The molecule has 0 aliphatic rings. The van der Waals surface area contributed by atoms with Gasteiger partial charge in [0.2, 0.25) is 0 Å². The Morgan fingerprint density at radius 3 is 2.60 bits per heavy atom. The maximum Gasteiger partial charge on any atom is 0.272 e. The van der Waals surface area contributed by atoms with Crippen molar-refractivity contribution in [3.8, 4) is 11.5 Å². The minimum Gasteiger partial charge on any atom is -0.505 e. The van der Waals surface area contributed by atoms with Gasteiger partial charge in [-0.25, -0.2) is 0 Å². The van der Waals surface area contributed by atoms with Crippen LogP contribution < -0.4 is 20.9 Å². The van der Waals surface area contributed by atoms with Gasteiger partial charge >= 0.3 is 0 Å². The summed E-state index contributed by atoms with van der Waals surface area (Å²) in [6, 6.07) is 4.52. The van der Waals surface area contributed by atoms with E-state index in [1.807, 2.05) is 0 Å². The van der Waals surface area contributed by atoms with E-state index in [9.17, 15) is 19.5 Å². The maximum atomic E-state index is 11.5. The van der Waals surface area contributed by atoms with Gasteiger partial charge in [0.1, 0.15) is 11.4 Å². The molecule has 2 aromatic carbocycles. The Morgan fingerprint density at radius 2 is 2.00 bits per heavy atom. The summed E-state index contributed by atoms with van der Waals surface area (Å²) in [6.45, 7) is 3.26. The second-order valence-corrected chi connectivity index (χ2v) is 4.18. The molecule has 0 saturated carbocycles.